The molecule has 2 amide bonds. The van der Waals surface area contributed by atoms with E-state index in [4.69, 9.17) is 0 Å². The molecule has 1 N–H and O–H groups in total. The van der Waals surface area contributed by atoms with Gasteiger partial charge in [0.25, 0.3) is 0 Å². The van der Waals surface area contributed by atoms with Crippen LogP contribution in [0.25, 0.3) is 0 Å². The van der Waals surface area contributed by atoms with Gasteiger partial charge in [0, 0.05) is 4.88 Å². The Morgan fingerprint density at radius 3 is 2.70 bits per heavy atom. The van der Waals surface area contributed by atoms with Gasteiger partial charge in [-0.3, -0.25) is 9.59 Å². The predicted octanol–water partition coefficient (Wildman–Crippen LogP) is 2.57. The van der Waals surface area contributed by atoms with Crippen molar-refractivity contribution < 1.29 is 9.59 Å². The number of rotatable bonds is 5. The summed E-state index contributed by atoms with van der Waals surface area (Å²) in [6.45, 7) is 6.28. The van der Waals surface area contributed by atoms with Crippen molar-refractivity contribution in [2.24, 2.45) is 5.92 Å². The van der Waals surface area contributed by atoms with E-state index in [0.717, 1.165) is 17.7 Å². The van der Waals surface area contributed by atoms with E-state index < -0.39 is 0 Å². The van der Waals surface area contributed by atoms with E-state index in [-0.39, 0.29) is 36.4 Å². The Morgan fingerprint density at radius 1 is 1.40 bits per heavy atom. The van der Waals surface area contributed by atoms with Gasteiger partial charge in [0.1, 0.15) is 12.6 Å². The molecule has 0 saturated carbocycles. The number of nitrogens with one attached hydrogen (secondary N) is 1. The summed E-state index contributed by atoms with van der Waals surface area (Å²) < 4.78 is 0. The summed E-state index contributed by atoms with van der Waals surface area (Å²) in [5.41, 5.74) is 0. The molecule has 2 rings (SSSR count). The van der Waals surface area contributed by atoms with E-state index in [0.29, 0.717) is 0 Å². The molecule has 2 heterocycles. The Bertz CT molecular complexity index is 472. The minimum Gasteiger partial charge on any atom is -0.342 e. The molecule has 110 valence electrons. The third-order valence-corrected chi connectivity index (χ3v) is 5.00. The lowest BCUT2D eigenvalue weighted by Gasteiger charge is -2.39. The van der Waals surface area contributed by atoms with Gasteiger partial charge in [0.2, 0.25) is 11.8 Å². The number of nitrogens with zero attached hydrogens (tertiary/aromatic N) is 1. The Labute approximate surface area is 124 Å². The quantitative estimate of drug-likeness (QED) is 0.907. The van der Waals surface area contributed by atoms with Crippen molar-refractivity contribution in [1.29, 1.82) is 0 Å². The number of piperazine rings is 1. The molecule has 3 atom stereocenters. The molecule has 4 nitrogen and oxygen atoms in total. The fourth-order valence-corrected chi connectivity index (χ4v) is 3.56. The molecule has 0 bridgehead atoms. The van der Waals surface area contributed by atoms with Crippen LogP contribution in [0.1, 0.15) is 44.5 Å². The van der Waals surface area contributed by atoms with Crippen molar-refractivity contribution >= 4 is 23.2 Å². The molecule has 0 spiro atoms. The summed E-state index contributed by atoms with van der Waals surface area (Å²) in [6.07, 6.45) is 1.70. The van der Waals surface area contributed by atoms with Gasteiger partial charge < -0.3 is 10.2 Å². The number of hydrogen-bond donors (Lipinski definition) is 1. The number of hydrogen-bond acceptors (Lipinski definition) is 3. The average molecular weight is 294 g/mol. The smallest absolute Gasteiger partial charge is 0.246 e. The van der Waals surface area contributed by atoms with Gasteiger partial charge in [-0.2, -0.15) is 0 Å². The van der Waals surface area contributed by atoms with Crippen LogP contribution in [0.5, 0.6) is 0 Å². The second kappa shape index (κ2) is 6.39. The molecule has 5 heteroatoms. The molecule has 1 aliphatic rings. The summed E-state index contributed by atoms with van der Waals surface area (Å²) in [5.74, 6) is 0.166. The molecule has 1 aromatic heterocycles. The van der Waals surface area contributed by atoms with Crippen LogP contribution in [0, 0.1) is 5.92 Å². The highest BCUT2D eigenvalue weighted by Crippen LogP contribution is 2.30. The summed E-state index contributed by atoms with van der Waals surface area (Å²) in [6, 6.07) is 3.66. The van der Waals surface area contributed by atoms with Crippen molar-refractivity contribution in [2.75, 3.05) is 6.54 Å². The zero-order valence-electron chi connectivity index (χ0n) is 12.3. The Morgan fingerprint density at radius 2 is 2.15 bits per heavy atom. The van der Waals surface area contributed by atoms with E-state index >= 15 is 0 Å². The second-order valence-corrected chi connectivity index (χ2v) is 6.32. The Kier molecular flexibility index (Phi) is 4.81. The normalized spacial score (nSPS) is 22.6. The van der Waals surface area contributed by atoms with Crippen molar-refractivity contribution in [3.05, 3.63) is 22.4 Å². The summed E-state index contributed by atoms with van der Waals surface area (Å²) in [7, 11) is 0. The van der Waals surface area contributed by atoms with Crippen molar-refractivity contribution in [3.8, 4) is 0 Å². The van der Waals surface area contributed by atoms with Crippen LogP contribution in [-0.2, 0) is 9.59 Å². The lowest BCUT2D eigenvalue weighted by Crippen LogP contribution is -2.60. The van der Waals surface area contributed by atoms with Crippen LogP contribution in [0.15, 0.2) is 17.5 Å². The summed E-state index contributed by atoms with van der Waals surface area (Å²) in [5, 5.41) is 4.86. The van der Waals surface area contributed by atoms with E-state index in [1.165, 1.54) is 0 Å². The highest BCUT2D eigenvalue weighted by Gasteiger charge is 2.38. The van der Waals surface area contributed by atoms with Gasteiger partial charge in [-0.1, -0.05) is 33.3 Å². The molecular formula is C15H22N2O2S. The van der Waals surface area contributed by atoms with Crippen LogP contribution >= 0.6 is 11.3 Å². The number of amides is 2. The van der Waals surface area contributed by atoms with E-state index in [1.54, 1.807) is 16.2 Å². The molecule has 1 aliphatic heterocycles. The lowest BCUT2D eigenvalue weighted by molar-refractivity contribution is -0.148. The van der Waals surface area contributed by atoms with Gasteiger partial charge in [0.05, 0.1) is 6.04 Å². The number of carbonyl (C=O) groups is 2. The zero-order chi connectivity index (χ0) is 14.7. The van der Waals surface area contributed by atoms with Gasteiger partial charge in [0.15, 0.2) is 0 Å². The molecule has 1 fully saturated rings. The first-order valence-electron chi connectivity index (χ1n) is 7.21. The molecule has 1 aromatic rings. The molecule has 1 saturated heterocycles. The van der Waals surface area contributed by atoms with E-state index in [1.807, 2.05) is 31.4 Å². The maximum absolute atomic E-state index is 12.7. The van der Waals surface area contributed by atoms with Crippen LogP contribution in [-0.4, -0.2) is 29.3 Å². The average Bonchev–Trinajstić information content (AvgIpc) is 2.96. The summed E-state index contributed by atoms with van der Waals surface area (Å²) >= 11 is 1.64. The van der Waals surface area contributed by atoms with Crippen LogP contribution < -0.4 is 5.32 Å². The zero-order valence-corrected chi connectivity index (χ0v) is 13.1. The van der Waals surface area contributed by atoms with Crippen LogP contribution in [0.3, 0.4) is 0 Å². The SMILES string of the molecule is CCC(C)C1NC(=O)CN(C(CC)c2cccs2)C1=O. The Hall–Kier alpha value is -1.36. The van der Waals surface area contributed by atoms with E-state index in [9.17, 15) is 9.59 Å². The van der Waals surface area contributed by atoms with Crippen molar-refractivity contribution in [2.45, 2.75) is 45.7 Å². The summed E-state index contributed by atoms with van der Waals surface area (Å²) in [4.78, 5) is 27.5. The largest absolute Gasteiger partial charge is 0.342 e. The maximum Gasteiger partial charge on any atom is 0.246 e. The number of carbonyl (C=O) groups excluding carboxylic acids is 2. The van der Waals surface area contributed by atoms with Gasteiger partial charge >= 0.3 is 0 Å². The lowest BCUT2D eigenvalue weighted by atomic mass is 9.95. The predicted molar refractivity (Wildman–Crippen MR) is 80.4 cm³/mol. The minimum atomic E-state index is -0.379. The van der Waals surface area contributed by atoms with Crippen LogP contribution in [0.2, 0.25) is 0 Å². The van der Waals surface area contributed by atoms with Gasteiger partial charge in [-0.25, -0.2) is 0 Å². The van der Waals surface area contributed by atoms with Crippen LogP contribution in [0.4, 0.5) is 0 Å². The molecule has 3 unspecified atom stereocenters. The topological polar surface area (TPSA) is 49.4 Å². The molecule has 0 aliphatic carbocycles. The molecule has 0 radical (unpaired) electrons. The molecule has 20 heavy (non-hydrogen) atoms. The minimum absolute atomic E-state index is 0.0140. The maximum atomic E-state index is 12.7. The van der Waals surface area contributed by atoms with Crippen molar-refractivity contribution in [1.82, 2.24) is 10.2 Å². The fourth-order valence-electron chi connectivity index (χ4n) is 2.63. The first-order chi connectivity index (χ1) is 9.58. The van der Waals surface area contributed by atoms with E-state index in [2.05, 4.69) is 12.2 Å². The molecular weight excluding hydrogens is 272 g/mol. The van der Waals surface area contributed by atoms with Crippen molar-refractivity contribution in [3.63, 3.8) is 0 Å². The first kappa shape index (κ1) is 15.0. The Balaban J connectivity index is 2.25. The first-order valence-corrected chi connectivity index (χ1v) is 8.09. The van der Waals surface area contributed by atoms with Gasteiger partial charge in [-0.05, 0) is 23.8 Å². The number of thiophene rings is 1. The monoisotopic (exact) mass is 294 g/mol. The fraction of sp³-hybridized carbons (Fsp3) is 0.600. The second-order valence-electron chi connectivity index (χ2n) is 5.34. The van der Waals surface area contributed by atoms with Gasteiger partial charge in [-0.15, -0.1) is 11.3 Å². The third kappa shape index (κ3) is 2.87. The highest BCUT2D eigenvalue weighted by atomic mass is 32.1. The standard InChI is InChI=1S/C15H22N2O2S/c1-4-10(3)14-15(19)17(9-13(18)16-14)11(5-2)12-7-6-8-20-12/h6-8,10-11,14H,4-5,9H2,1-3H3,(H,16,18). The third-order valence-electron chi connectivity index (χ3n) is 4.03. The highest BCUT2D eigenvalue weighted by molar-refractivity contribution is 7.10. The molecule has 0 aromatic carbocycles.